The predicted molar refractivity (Wildman–Crippen MR) is 54.8 cm³/mol. The minimum Gasteiger partial charge on any atom is -0.507 e. The van der Waals surface area contributed by atoms with Gasteiger partial charge in [0.2, 0.25) is 0 Å². The highest BCUT2D eigenvalue weighted by Crippen LogP contribution is 2.32. The van der Waals surface area contributed by atoms with Gasteiger partial charge in [-0.3, -0.25) is 4.79 Å². The summed E-state index contributed by atoms with van der Waals surface area (Å²) in [7, 11) is 0. The third-order valence-corrected chi connectivity index (χ3v) is 2.75. The summed E-state index contributed by atoms with van der Waals surface area (Å²) < 4.78 is 0. The monoisotopic (exact) mass is 207 g/mol. The summed E-state index contributed by atoms with van der Waals surface area (Å²) in [5, 5.41) is 18.5. The average Bonchev–Trinajstić information content (AvgIpc) is 2.51. The van der Waals surface area contributed by atoms with Crippen molar-refractivity contribution in [3.8, 4) is 5.75 Å². The SMILES string of the molecule is NC1Cc2ccc(CC(=O)O)c(O)c2C1. The van der Waals surface area contributed by atoms with Gasteiger partial charge in [-0.05, 0) is 24.0 Å². The zero-order valence-corrected chi connectivity index (χ0v) is 8.23. The Balaban J connectivity index is 2.38. The molecule has 1 unspecified atom stereocenters. The zero-order chi connectivity index (χ0) is 11.0. The van der Waals surface area contributed by atoms with Crippen molar-refractivity contribution in [1.29, 1.82) is 0 Å². The first-order valence-corrected chi connectivity index (χ1v) is 4.88. The van der Waals surface area contributed by atoms with Gasteiger partial charge < -0.3 is 15.9 Å². The number of benzene rings is 1. The molecular weight excluding hydrogens is 194 g/mol. The van der Waals surface area contributed by atoms with Crippen LogP contribution in [-0.4, -0.2) is 22.2 Å². The molecule has 0 fully saturated rings. The number of aliphatic carboxylic acids is 1. The van der Waals surface area contributed by atoms with Crippen LogP contribution in [0.2, 0.25) is 0 Å². The fraction of sp³-hybridized carbons (Fsp3) is 0.364. The van der Waals surface area contributed by atoms with Crippen molar-refractivity contribution >= 4 is 5.97 Å². The second-order valence-corrected chi connectivity index (χ2v) is 3.95. The van der Waals surface area contributed by atoms with E-state index in [-0.39, 0.29) is 18.2 Å². The molecule has 2 rings (SSSR count). The third-order valence-electron chi connectivity index (χ3n) is 2.75. The van der Waals surface area contributed by atoms with Gasteiger partial charge in [-0.15, -0.1) is 0 Å². The second-order valence-electron chi connectivity index (χ2n) is 3.95. The minimum atomic E-state index is -0.937. The maximum Gasteiger partial charge on any atom is 0.307 e. The highest BCUT2D eigenvalue weighted by molar-refractivity contribution is 5.72. The molecule has 1 atom stereocenters. The lowest BCUT2D eigenvalue weighted by Crippen LogP contribution is -2.19. The van der Waals surface area contributed by atoms with Gasteiger partial charge in [0.05, 0.1) is 6.42 Å². The maximum atomic E-state index is 10.5. The standard InChI is InChI=1S/C11H13NO3/c12-8-3-6-1-2-7(4-10(13)14)11(15)9(6)5-8/h1-2,8,15H,3-5,12H2,(H,13,14). The lowest BCUT2D eigenvalue weighted by Gasteiger charge is -2.07. The van der Waals surface area contributed by atoms with Crippen LogP contribution in [0.5, 0.6) is 5.75 Å². The van der Waals surface area contributed by atoms with Crippen molar-refractivity contribution in [2.45, 2.75) is 25.3 Å². The maximum absolute atomic E-state index is 10.5. The summed E-state index contributed by atoms with van der Waals surface area (Å²) in [5.74, 6) is -0.824. The summed E-state index contributed by atoms with van der Waals surface area (Å²) in [6.07, 6.45) is 1.25. The Morgan fingerprint density at radius 3 is 2.87 bits per heavy atom. The van der Waals surface area contributed by atoms with Gasteiger partial charge in [0, 0.05) is 11.6 Å². The van der Waals surface area contributed by atoms with Crippen molar-refractivity contribution in [1.82, 2.24) is 0 Å². The molecule has 0 saturated carbocycles. The Kier molecular flexibility index (Phi) is 2.36. The quantitative estimate of drug-likeness (QED) is 0.657. The summed E-state index contributed by atoms with van der Waals surface area (Å²) in [4.78, 5) is 10.5. The Morgan fingerprint density at radius 1 is 1.47 bits per heavy atom. The van der Waals surface area contributed by atoms with Gasteiger partial charge in [0.15, 0.2) is 0 Å². The zero-order valence-electron chi connectivity index (χ0n) is 8.23. The highest BCUT2D eigenvalue weighted by Gasteiger charge is 2.23. The normalized spacial score (nSPS) is 18.9. The summed E-state index contributed by atoms with van der Waals surface area (Å²) in [6.45, 7) is 0. The number of hydrogen-bond acceptors (Lipinski definition) is 3. The van der Waals surface area contributed by atoms with Crippen LogP contribution in [-0.2, 0) is 24.1 Å². The van der Waals surface area contributed by atoms with E-state index in [1.165, 1.54) is 0 Å². The van der Waals surface area contributed by atoms with E-state index in [0.29, 0.717) is 12.0 Å². The van der Waals surface area contributed by atoms with Gasteiger partial charge in [-0.1, -0.05) is 12.1 Å². The van der Waals surface area contributed by atoms with Gasteiger partial charge in [0.25, 0.3) is 0 Å². The molecule has 0 radical (unpaired) electrons. The number of aromatic hydroxyl groups is 1. The molecule has 4 N–H and O–H groups in total. The van der Waals surface area contributed by atoms with E-state index in [4.69, 9.17) is 10.8 Å². The first-order valence-electron chi connectivity index (χ1n) is 4.88. The molecule has 1 aromatic carbocycles. The van der Waals surface area contributed by atoms with Crippen LogP contribution < -0.4 is 5.73 Å². The number of carboxylic acid groups (broad SMARTS) is 1. The Bertz CT molecular complexity index is 415. The fourth-order valence-electron chi connectivity index (χ4n) is 2.07. The average molecular weight is 207 g/mol. The van der Waals surface area contributed by atoms with Crippen LogP contribution in [0.15, 0.2) is 12.1 Å². The third kappa shape index (κ3) is 1.80. The number of phenolic OH excluding ortho intramolecular Hbond substituents is 1. The van der Waals surface area contributed by atoms with Crippen LogP contribution in [0, 0.1) is 0 Å². The number of carboxylic acids is 1. The van der Waals surface area contributed by atoms with E-state index < -0.39 is 5.97 Å². The number of phenols is 1. The number of fused-ring (bicyclic) bond motifs is 1. The number of nitrogens with two attached hydrogens (primary N) is 1. The highest BCUT2D eigenvalue weighted by atomic mass is 16.4. The minimum absolute atomic E-state index is 0.0472. The van der Waals surface area contributed by atoms with Gasteiger partial charge in [0.1, 0.15) is 5.75 Å². The molecule has 0 heterocycles. The smallest absolute Gasteiger partial charge is 0.307 e. The first-order chi connectivity index (χ1) is 7.08. The van der Waals surface area contributed by atoms with Crippen molar-refractivity contribution in [3.63, 3.8) is 0 Å². The van der Waals surface area contributed by atoms with Crippen LogP contribution in [0.1, 0.15) is 16.7 Å². The molecule has 0 amide bonds. The lowest BCUT2D eigenvalue weighted by atomic mass is 10.0. The Labute approximate surface area is 87.3 Å². The summed E-state index contributed by atoms with van der Waals surface area (Å²) in [6, 6.07) is 3.58. The van der Waals surface area contributed by atoms with Gasteiger partial charge in [-0.2, -0.15) is 0 Å². The first kappa shape index (κ1) is 9.98. The largest absolute Gasteiger partial charge is 0.507 e. The molecule has 80 valence electrons. The van der Waals surface area contributed by atoms with Crippen LogP contribution in [0.4, 0.5) is 0 Å². The molecule has 1 aliphatic carbocycles. The number of carbonyl (C=O) groups is 1. The molecule has 0 aliphatic heterocycles. The van der Waals surface area contributed by atoms with Crippen molar-refractivity contribution in [2.75, 3.05) is 0 Å². The molecule has 0 spiro atoms. The summed E-state index contributed by atoms with van der Waals surface area (Å²) in [5.41, 5.74) is 8.10. The Hall–Kier alpha value is -1.55. The van der Waals surface area contributed by atoms with Crippen molar-refractivity contribution < 1.29 is 15.0 Å². The van der Waals surface area contributed by atoms with E-state index in [1.807, 2.05) is 6.07 Å². The van der Waals surface area contributed by atoms with E-state index >= 15 is 0 Å². The van der Waals surface area contributed by atoms with Gasteiger partial charge in [-0.25, -0.2) is 0 Å². The van der Waals surface area contributed by atoms with Gasteiger partial charge >= 0.3 is 5.97 Å². The molecule has 15 heavy (non-hydrogen) atoms. The number of hydrogen-bond donors (Lipinski definition) is 3. The summed E-state index contributed by atoms with van der Waals surface area (Å²) >= 11 is 0. The van der Waals surface area contributed by atoms with Crippen molar-refractivity contribution in [2.24, 2.45) is 5.73 Å². The van der Waals surface area contributed by atoms with Crippen molar-refractivity contribution in [3.05, 3.63) is 28.8 Å². The van der Waals surface area contributed by atoms with Crippen LogP contribution in [0.25, 0.3) is 0 Å². The molecule has 1 aromatic rings. The topological polar surface area (TPSA) is 83.6 Å². The predicted octanol–water partition coefficient (Wildman–Crippen LogP) is 0.445. The van der Waals surface area contributed by atoms with E-state index in [2.05, 4.69) is 0 Å². The molecular formula is C11H13NO3. The fourth-order valence-corrected chi connectivity index (χ4v) is 2.07. The number of rotatable bonds is 2. The molecule has 0 aromatic heterocycles. The molecule has 0 bridgehead atoms. The lowest BCUT2D eigenvalue weighted by molar-refractivity contribution is -0.136. The molecule has 1 aliphatic rings. The molecule has 4 nitrogen and oxygen atoms in total. The second kappa shape index (κ2) is 3.55. The van der Waals surface area contributed by atoms with E-state index in [0.717, 1.165) is 17.5 Å². The van der Waals surface area contributed by atoms with Crippen LogP contribution in [0.3, 0.4) is 0 Å². The van der Waals surface area contributed by atoms with E-state index in [9.17, 15) is 9.90 Å². The molecule has 4 heteroatoms. The Morgan fingerprint density at radius 2 is 2.20 bits per heavy atom. The van der Waals surface area contributed by atoms with E-state index in [1.54, 1.807) is 6.07 Å². The molecule has 0 saturated heterocycles. The van der Waals surface area contributed by atoms with Crippen LogP contribution >= 0.6 is 0 Å².